The number of unbranched alkanes of at least 4 members (excludes halogenated alkanes) is 1. The molecule has 2 nitrogen and oxygen atoms in total. The van der Waals surface area contributed by atoms with Gasteiger partial charge in [0, 0.05) is 11.7 Å². The molecule has 0 bridgehead atoms. The fourth-order valence-corrected chi connectivity index (χ4v) is 2.69. The van der Waals surface area contributed by atoms with Crippen LogP contribution in [0.1, 0.15) is 59.8 Å². The van der Waals surface area contributed by atoms with Gasteiger partial charge in [-0.1, -0.05) is 47.0 Å². The van der Waals surface area contributed by atoms with Crippen LogP contribution in [0.25, 0.3) is 0 Å². The van der Waals surface area contributed by atoms with E-state index in [2.05, 4.69) is 27.7 Å². The lowest BCUT2D eigenvalue weighted by atomic mass is 10.0. The molecule has 0 aromatic carbocycles. The lowest BCUT2D eigenvalue weighted by Crippen LogP contribution is -2.11. The Hall–Kier alpha value is -0.400. The number of allylic oxidation sites excluding steroid dienone is 1. The van der Waals surface area contributed by atoms with Gasteiger partial charge in [-0.15, -0.1) is 0 Å². The molecule has 18 heavy (non-hydrogen) atoms. The number of carbonyl (C=O) groups excluding carboxylic acids is 1. The van der Waals surface area contributed by atoms with E-state index in [-0.39, 0.29) is 0 Å². The summed E-state index contributed by atoms with van der Waals surface area (Å²) in [5.41, 5.74) is 0. The molecule has 0 rings (SSSR count). The molecule has 0 aromatic heterocycles. The molecule has 106 valence electrons. The van der Waals surface area contributed by atoms with Crippen LogP contribution in [0.3, 0.4) is 0 Å². The van der Waals surface area contributed by atoms with Gasteiger partial charge in [0.15, 0.2) is 11.7 Å². The van der Waals surface area contributed by atoms with Gasteiger partial charge in [-0.05, 0) is 18.1 Å². The number of hydrogen-bond acceptors (Lipinski definition) is 3. The second kappa shape index (κ2) is 11.7. The smallest absolute Gasteiger partial charge is 0.180 e. The molecule has 2 unspecified atom stereocenters. The maximum absolute atomic E-state index is 10.9. The van der Waals surface area contributed by atoms with E-state index in [1.807, 2.05) is 17.7 Å². The van der Waals surface area contributed by atoms with E-state index in [9.17, 15) is 4.79 Å². The minimum Gasteiger partial charge on any atom is -0.486 e. The molecule has 0 fully saturated rings. The Kier molecular flexibility index (Phi) is 11.4. The van der Waals surface area contributed by atoms with E-state index in [0.717, 1.165) is 12.2 Å². The van der Waals surface area contributed by atoms with Crippen molar-refractivity contribution in [2.24, 2.45) is 5.92 Å². The first kappa shape index (κ1) is 17.6. The Labute approximate surface area is 117 Å². The third-order valence-corrected chi connectivity index (χ3v) is 4.14. The van der Waals surface area contributed by atoms with E-state index in [0.29, 0.717) is 30.0 Å². The normalized spacial score (nSPS) is 13.8. The SMILES string of the molecule is CCCCC(CC)COC(=C=O)CC(C)SCC. The fraction of sp³-hybridized carbons (Fsp3) is 0.867. The number of hydrogen-bond donors (Lipinski definition) is 0. The largest absolute Gasteiger partial charge is 0.486 e. The molecule has 0 radical (unpaired) electrons. The van der Waals surface area contributed by atoms with Crippen LogP contribution >= 0.6 is 11.8 Å². The molecule has 0 spiro atoms. The molecular weight excluding hydrogens is 244 g/mol. The predicted molar refractivity (Wildman–Crippen MR) is 80.7 cm³/mol. The van der Waals surface area contributed by atoms with E-state index in [1.165, 1.54) is 19.3 Å². The standard InChI is InChI=1S/C15H28O2S/c1-5-8-9-14(6-2)12-17-15(11-16)10-13(4)18-7-3/h13-14H,5-10,12H2,1-4H3. The Morgan fingerprint density at radius 2 is 2.06 bits per heavy atom. The highest BCUT2D eigenvalue weighted by Gasteiger charge is 2.11. The van der Waals surface area contributed by atoms with Gasteiger partial charge in [0.25, 0.3) is 0 Å². The minimum atomic E-state index is 0.433. The fourth-order valence-electron chi connectivity index (χ4n) is 1.85. The molecule has 0 aliphatic heterocycles. The molecule has 0 saturated carbocycles. The van der Waals surface area contributed by atoms with Gasteiger partial charge in [-0.2, -0.15) is 11.8 Å². The monoisotopic (exact) mass is 272 g/mol. The van der Waals surface area contributed by atoms with Gasteiger partial charge in [0.2, 0.25) is 0 Å². The Morgan fingerprint density at radius 1 is 1.33 bits per heavy atom. The number of ether oxygens (including phenoxy) is 1. The van der Waals surface area contributed by atoms with Crippen LogP contribution in [0, 0.1) is 5.92 Å². The van der Waals surface area contributed by atoms with Crippen LogP contribution in [-0.4, -0.2) is 23.6 Å². The highest BCUT2D eigenvalue weighted by Crippen LogP contribution is 2.19. The summed E-state index contributed by atoms with van der Waals surface area (Å²) < 4.78 is 5.64. The van der Waals surface area contributed by atoms with E-state index in [1.54, 1.807) is 0 Å². The van der Waals surface area contributed by atoms with Crippen LogP contribution in [0.4, 0.5) is 0 Å². The summed E-state index contributed by atoms with van der Waals surface area (Å²) in [7, 11) is 0. The third-order valence-electron chi connectivity index (χ3n) is 3.07. The summed E-state index contributed by atoms with van der Waals surface area (Å²) in [6, 6.07) is 0. The topological polar surface area (TPSA) is 26.3 Å². The molecule has 0 N–H and O–H groups in total. The highest BCUT2D eigenvalue weighted by atomic mass is 32.2. The van der Waals surface area contributed by atoms with E-state index < -0.39 is 0 Å². The maximum atomic E-state index is 10.9. The zero-order valence-corrected chi connectivity index (χ0v) is 13.1. The van der Waals surface area contributed by atoms with Gasteiger partial charge in [0.1, 0.15) is 0 Å². The summed E-state index contributed by atoms with van der Waals surface area (Å²) in [6.45, 7) is 9.32. The summed E-state index contributed by atoms with van der Waals surface area (Å²) in [5.74, 6) is 4.10. The molecule has 3 heteroatoms. The van der Waals surface area contributed by atoms with Crippen LogP contribution in [-0.2, 0) is 9.53 Å². The van der Waals surface area contributed by atoms with Crippen LogP contribution in [0.5, 0.6) is 0 Å². The quantitative estimate of drug-likeness (QED) is 0.410. The molecule has 0 aliphatic carbocycles. The first-order valence-corrected chi connectivity index (χ1v) is 8.21. The second-order valence-electron chi connectivity index (χ2n) is 4.72. The van der Waals surface area contributed by atoms with Crippen molar-refractivity contribution in [3.63, 3.8) is 0 Å². The number of rotatable bonds is 11. The van der Waals surface area contributed by atoms with Gasteiger partial charge >= 0.3 is 0 Å². The molecule has 0 amide bonds. The van der Waals surface area contributed by atoms with Gasteiger partial charge in [-0.25, -0.2) is 4.79 Å². The van der Waals surface area contributed by atoms with Crippen molar-refractivity contribution in [1.29, 1.82) is 0 Å². The second-order valence-corrected chi connectivity index (χ2v) is 6.44. The Morgan fingerprint density at radius 3 is 2.56 bits per heavy atom. The third kappa shape index (κ3) is 8.66. The average molecular weight is 272 g/mol. The summed E-state index contributed by atoms with van der Waals surface area (Å²) in [5, 5.41) is 0.433. The highest BCUT2D eigenvalue weighted by molar-refractivity contribution is 7.99. The lowest BCUT2D eigenvalue weighted by Gasteiger charge is -2.17. The zero-order chi connectivity index (χ0) is 13.8. The summed E-state index contributed by atoms with van der Waals surface area (Å²) in [4.78, 5) is 10.9. The molecular formula is C15H28O2S. The van der Waals surface area contributed by atoms with Crippen molar-refractivity contribution >= 4 is 17.7 Å². The van der Waals surface area contributed by atoms with Gasteiger partial charge in [-0.3, -0.25) is 0 Å². The maximum Gasteiger partial charge on any atom is 0.180 e. The molecule has 0 heterocycles. The van der Waals surface area contributed by atoms with Crippen molar-refractivity contribution in [1.82, 2.24) is 0 Å². The van der Waals surface area contributed by atoms with Crippen molar-refractivity contribution in [2.75, 3.05) is 12.4 Å². The zero-order valence-electron chi connectivity index (χ0n) is 12.3. The molecule has 0 saturated heterocycles. The van der Waals surface area contributed by atoms with E-state index >= 15 is 0 Å². The van der Waals surface area contributed by atoms with Crippen molar-refractivity contribution in [3.8, 4) is 0 Å². The van der Waals surface area contributed by atoms with Crippen molar-refractivity contribution < 1.29 is 9.53 Å². The molecule has 0 aromatic rings. The Bertz CT molecular complexity index is 247. The van der Waals surface area contributed by atoms with Crippen molar-refractivity contribution in [3.05, 3.63) is 5.76 Å². The summed E-state index contributed by atoms with van der Waals surface area (Å²) >= 11 is 1.85. The van der Waals surface area contributed by atoms with Crippen molar-refractivity contribution in [2.45, 2.75) is 65.0 Å². The minimum absolute atomic E-state index is 0.433. The first-order valence-electron chi connectivity index (χ1n) is 7.16. The lowest BCUT2D eigenvalue weighted by molar-refractivity contribution is 0.152. The van der Waals surface area contributed by atoms with Crippen LogP contribution < -0.4 is 0 Å². The van der Waals surface area contributed by atoms with Gasteiger partial charge < -0.3 is 4.74 Å². The Balaban J connectivity index is 4.01. The molecule has 2 atom stereocenters. The number of thioether (sulfide) groups is 1. The van der Waals surface area contributed by atoms with Gasteiger partial charge in [0.05, 0.1) is 6.61 Å². The predicted octanol–water partition coefficient (Wildman–Crippen LogP) is 4.47. The average Bonchev–Trinajstić information content (AvgIpc) is 2.37. The summed E-state index contributed by atoms with van der Waals surface area (Å²) in [6.07, 6.45) is 5.47. The molecule has 0 aliphatic rings. The van der Waals surface area contributed by atoms with Crippen LogP contribution in [0.15, 0.2) is 5.76 Å². The first-order chi connectivity index (χ1) is 8.67. The van der Waals surface area contributed by atoms with E-state index in [4.69, 9.17) is 4.74 Å². The van der Waals surface area contributed by atoms with Crippen LogP contribution in [0.2, 0.25) is 0 Å².